The molecule has 0 unspecified atom stereocenters. The average Bonchev–Trinajstić information content (AvgIpc) is 2.84. The van der Waals surface area contributed by atoms with Crippen molar-refractivity contribution in [3.8, 4) is 6.07 Å². The van der Waals surface area contributed by atoms with E-state index in [1.54, 1.807) is 6.08 Å². The van der Waals surface area contributed by atoms with Crippen molar-refractivity contribution in [3.05, 3.63) is 127 Å². The molecule has 0 spiro atoms. The van der Waals surface area contributed by atoms with Crippen molar-refractivity contribution in [1.29, 1.82) is 5.26 Å². The Labute approximate surface area is 177 Å². The van der Waals surface area contributed by atoms with Crippen molar-refractivity contribution in [1.82, 2.24) is 0 Å². The van der Waals surface area contributed by atoms with Crippen molar-refractivity contribution in [2.75, 3.05) is 0 Å². The molecular formula is C27H21N2P. The number of hydrogen-bond acceptors (Lipinski definition) is 2. The van der Waals surface area contributed by atoms with Gasteiger partial charge in [-0.1, -0.05) is 103 Å². The summed E-state index contributed by atoms with van der Waals surface area (Å²) >= 11 is 0. The predicted molar refractivity (Wildman–Crippen MR) is 128 cm³/mol. The molecule has 144 valence electrons. The summed E-state index contributed by atoms with van der Waals surface area (Å²) in [6.45, 7) is 0. The Hall–Kier alpha value is -3.66. The largest absolute Gasteiger partial charge is 0.254 e. The molecule has 30 heavy (non-hydrogen) atoms. The fourth-order valence-corrected chi connectivity index (χ4v) is 7.04. The van der Waals surface area contributed by atoms with Gasteiger partial charge in [-0.3, -0.25) is 4.74 Å². The van der Waals surface area contributed by atoms with Crippen LogP contribution in [0.25, 0.3) is 6.08 Å². The number of nitriles is 1. The van der Waals surface area contributed by atoms with E-state index >= 15 is 0 Å². The van der Waals surface area contributed by atoms with Crippen LogP contribution in [0, 0.1) is 11.3 Å². The Morgan fingerprint density at radius 3 is 1.43 bits per heavy atom. The van der Waals surface area contributed by atoms with Gasteiger partial charge in [0.1, 0.15) is 0 Å². The molecule has 0 saturated heterocycles. The molecule has 0 aromatic heterocycles. The van der Waals surface area contributed by atoms with Gasteiger partial charge in [-0.15, -0.1) is 0 Å². The molecule has 4 rings (SSSR count). The maximum Gasteiger partial charge on any atom is 0.0912 e. The van der Waals surface area contributed by atoms with Gasteiger partial charge in [-0.25, -0.2) is 0 Å². The van der Waals surface area contributed by atoms with Gasteiger partial charge in [0, 0.05) is 22.0 Å². The Morgan fingerprint density at radius 1 is 0.600 bits per heavy atom. The van der Waals surface area contributed by atoms with Crippen LogP contribution in [0.1, 0.15) is 5.56 Å². The van der Waals surface area contributed by atoms with E-state index < -0.39 is 7.05 Å². The highest BCUT2D eigenvalue weighted by molar-refractivity contribution is 7.87. The van der Waals surface area contributed by atoms with Crippen molar-refractivity contribution >= 4 is 34.7 Å². The van der Waals surface area contributed by atoms with Crippen LogP contribution in [-0.2, 0) is 0 Å². The zero-order chi connectivity index (χ0) is 20.7. The first kappa shape index (κ1) is 19.6. The molecule has 0 aliphatic rings. The molecule has 3 heteroatoms. The summed E-state index contributed by atoms with van der Waals surface area (Å²) in [5.41, 5.74) is 1.91. The maximum absolute atomic E-state index is 8.76. The summed E-state index contributed by atoms with van der Waals surface area (Å²) in [4.78, 5) is 0. The summed E-state index contributed by atoms with van der Waals surface area (Å²) in [5, 5.41) is 12.4. The summed E-state index contributed by atoms with van der Waals surface area (Å²) in [6.07, 6.45) is 3.29. The first-order chi connectivity index (χ1) is 14.8. The molecule has 0 fully saturated rings. The van der Waals surface area contributed by atoms with Gasteiger partial charge in [-0.2, -0.15) is 5.26 Å². The second kappa shape index (κ2) is 9.23. The van der Waals surface area contributed by atoms with Crippen molar-refractivity contribution < 1.29 is 0 Å². The number of hydrogen-bond donors (Lipinski definition) is 0. The topological polar surface area (TPSA) is 36.1 Å². The van der Waals surface area contributed by atoms with Crippen LogP contribution in [0.4, 0.5) is 5.69 Å². The number of nitrogens with zero attached hydrogens (tertiary/aromatic N) is 2. The number of allylic oxidation sites excluding steroid dienone is 1. The minimum absolute atomic E-state index is 0.925. The second-order valence-corrected chi connectivity index (χ2v) is 9.82. The smallest absolute Gasteiger partial charge is 0.0912 e. The number of benzene rings is 4. The van der Waals surface area contributed by atoms with E-state index in [0.29, 0.717) is 0 Å². The Kier molecular flexibility index (Phi) is 6.04. The van der Waals surface area contributed by atoms with Gasteiger partial charge in [0.25, 0.3) is 0 Å². The quantitative estimate of drug-likeness (QED) is 0.295. The lowest BCUT2D eigenvalue weighted by Crippen LogP contribution is -2.25. The lowest BCUT2D eigenvalue weighted by atomic mass is 10.2. The van der Waals surface area contributed by atoms with Gasteiger partial charge >= 0.3 is 0 Å². The van der Waals surface area contributed by atoms with Crippen LogP contribution >= 0.6 is 7.05 Å². The molecule has 0 atom stereocenters. The fourth-order valence-electron chi connectivity index (χ4n) is 3.51. The molecule has 0 saturated carbocycles. The SMILES string of the molecule is N#CC=Cc1ccc(N=P(c2ccccc2)(c2ccccc2)c2ccccc2)cc1. The van der Waals surface area contributed by atoms with E-state index in [9.17, 15) is 0 Å². The third-order valence-electron chi connectivity index (χ3n) is 4.90. The highest BCUT2D eigenvalue weighted by atomic mass is 31.2. The van der Waals surface area contributed by atoms with Crippen LogP contribution in [0.2, 0.25) is 0 Å². The molecule has 0 N–H and O–H groups in total. The summed E-state index contributed by atoms with van der Waals surface area (Å²) in [6, 6.07) is 41.8. The molecule has 4 aromatic rings. The molecule has 0 aliphatic carbocycles. The van der Waals surface area contributed by atoms with Crippen LogP contribution in [0.15, 0.2) is 126 Å². The standard InChI is InChI=1S/C27H21N2P/c28-22-10-11-23-18-20-24(21-19-23)29-30(25-12-4-1-5-13-25,26-14-6-2-7-15-26)27-16-8-3-9-17-27/h1-21H. The summed E-state index contributed by atoms with van der Waals surface area (Å²) in [7, 11) is -2.26. The molecule has 0 aliphatic heterocycles. The van der Waals surface area contributed by atoms with E-state index in [1.807, 2.05) is 48.5 Å². The first-order valence-corrected chi connectivity index (χ1v) is 11.5. The van der Waals surface area contributed by atoms with E-state index in [0.717, 1.165) is 11.3 Å². The minimum Gasteiger partial charge on any atom is -0.254 e. The molecule has 0 heterocycles. The van der Waals surface area contributed by atoms with Crippen LogP contribution in [-0.4, -0.2) is 0 Å². The van der Waals surface area contributed by atoms with Crippen LogP contribution < -0.4 is 15.9 Å². The van der Waals surface area contributed by atoms with Gasteiger partial charge in [0.05, 0.1) is 18.8 Å². The van der Waals surface area contributed by atoms with E-state index in [1.165, 1.54) is 22.0 Å². The van der Waals surface area contributed by atoms with Crippen molar-refractivity contribution in [2.24, 2.45) is 4.74 Å². The van der Waals surface area contributed by atoms with Crippen LogP contribution in [0.3, 0.4) is 0 Å². The van der Waals surface area contributed by atoms with E-state index in [2.05, 4.69) is 72.8 Å². The molecule has 4 aromatic carbocycles. The van der Waals surface area contributed by atoms with Crippen LogP contribution in [0.5, 0.6) is 0 Å². The minimum atomic E-state index is -2.26. The predicted octanol–water partition coefficient (Wildman–Crippen LogP) is 6.03. The normalized spacial score (nSPS) is 11.2. The van der Waals surface area contributed by atoms with E-state index in [4.69, 9.17) is 10.0 Å². The zero-order valence-corrected chi connectivity index (χ0v) is 17.4. The fraction of sp³-hybridized carbons (Fsp3) is 0. The lowest BCUT2D eigenvalue weighted by Gasteiger charge is -2.27. The number of rotatable bonds is 5. The van der Waals surface area contributed by atoms with Crippen molar-refractivity contribution in [2.45, 2.75) is 0 Å². The Balaban J connectivity index is 2.01. The molecule has 2 nitrogen and oxygen atoms in total. The lowest BCUT2D eigenvalue weighted by molar-refractivity contribution is 1.52. The highest BCUT2D eigenvalue weighted by Gasteiger charge is 2.27. The van der Waals surface area contributed by atoms with Crippen molar-refractivity contribution in [3.63, 3.8) is 0 Å². The Bertz CT molecular complexity index is 1120. The first-order valence-electron chi connectivity index (χ1n) is 9.78. The molecular weight excluding hydrogens is 383 g/mol. The molecule has 0 radical (unpaired) electrons. The third-order valence-corrected chi connectivity index (χ3v) is 8.57. The van der Waals surface area contributed by atoms with E-state index in [-0.39, 0.29) is 0 Å². The summed E-state index contributed by atoms with van der Waals surface area (Å²) in [5.74, 6) is 0. The van der Waals surface area contributed by atoms with Gasteiger partial charge in [-0.05, 0) is 23.8 Å². The zero-order valence-electron chi connectivity index (χ0n) is 16.5. The van der Waals surface area contributed by atoms with Gasteiger partial charge in [0.15, 0.2) is 0 Å². The summed E-state index contributed by atoms with van der Waals surface area (Å²) < 4.78 is 5.44. The molecule has 0 amide bonds. The van der Waals surface area contributed by atoms with Gasteiger partial charge < -0.3 is 0 Å². The average molecular weight is 404 g/mol. The monoisotopic (exact) mass is 404 g/mol. The third kappa shape index (κ3) is 4.03. The maximum atomic E-state index is 8.76. The Morgan fingerprint density at radius 2 is 1.03 bits per heavy atom. The molecule has 0 bridgehead atoms. The van der Waals surface area contributed by atoms with Gasteiger partial charge in [0.2, 0.25) is 0 Å². The second-order valence-electron chi connectivity index (χ2n) is 6.80. The highest BCUT2D eigenvalue weighted by Crippen LogP contribution is 2.49.